The molecule has 4 heteroatoms. The van der Waals surface area contributed by atoms with Crippen LogP contribution < -0.4 is 0 Å². The smallest absolute Gasteiger partial charge is 0.243 e. The summed E-state index contributed by atoms with van der Waals surface area (Å²) >= 11 is 0. The number of hydrogen-bond donors (Lipinski definition) is 1. The first-order chi connectivity index (χ1) is 9.63. The second kappa shape index (κ2) is 8.26. The van der Waals surface area contributed by atoms with Gasteiger partial charge in [0, 0.05) is 19.7 Å². The summed E-state index contributed by atoms with van der Waals surface area (Å²) in [6.07, 6.45) is 5.82. The molecule has 20 heavy (non-hydrogen) atoms. The number of nitriles is 1. The Labute approximate surface area is 122 Å². The zero-order valence-electron chi connectivity index (χ0n) is 12.9. The van der Waals surface area contributed by atoms with E-state index in [1.165, 1.54) is 0 Å². The lowest BCUT2D eigenvalue weighted by atomic mass is 9.78. The molecule has 1 heterocycles. The zero-order valence-corrected chi connectivity index (χ0v) is 12.9. The molecule has 0 aromatic carbocycles. The Hall–Kier alpha value is -1.08. The molecule has 1 unspecified atom stereocenters. The molecule has 1 aliphatic heterocycles. The lowest BCUT2D eigenvalue weighted by molar-refractivity contribution is -0.142. The minimum Gasteiger partial charge on any atom is -0.396 e. The third-order valence-corrected chi connectivity index (χ3v) is 4.32. The number of hydrogen-bond acceptors (Lipinski definition) is 3. The maximum Gasteiger partial charge on any atom is 0.243 e. The van der Waals surface area contributed by atoms with Crippen molar-refractivity contribution < 1.29 is 9.90 Å². The molecule has 0 spiro atoms. The first kappa shape index (κ1) is 17.0. The number of aliphatic hydroxyl groups excluding tert-OH is 1. The minimum absolute atomic E-state index is 0.0198. The molecule has 1 amide bonds. The van der Waals surface area contributed by atoms with E-state index in [2.05, 4.69) is 6.07 Å². The van der Waals surface area contributed by atoms with E-state index in [0.717, 1.165) is 38.6 Å². The molecular formula is C16H28N2O2. The Morgan fingerprint density at radius 1 is 1.40 bits per heavy atom. The standard InChI is InChI=1S/C16H28N2O2/c1-3-8-16(13-17,9-4-2)15(20)18-10-5-6-14(12-18)7-11-19/h14,19H,3-12H2,1-2H3. The monoisotopic (exact) mass is 280 g/mol. The Kier molecular flexibility index (Phi) is 7.01. The van der Waals surface area contributed by atoms with Crippen molar-refractivity contribution in [2.24, 2.45) is 11.3 Å². The first-order valence-electron chi connectivity index (χ1n) is 7.95. The topological polar surface area (TPSA) is 64.3 Å². The summed E-state index contributed by atoms with van der Waals surface area (Å²) in [5.41, 5.74) is -0.829. The van der Waals surface area contributed by atoms with Crippen molar-refractivity contribution in [2.45, 2.75) is 58.8 Å². The molecule has 1 saturated heterocycles. The third-order valence-electron chi connectivity index (χ3n) is 4.32. The van der Waals surface area contributed by atoms with E-state index < -0.39 is 5.41 Å². The van der Waals surface area contributed by atoms with E-state index in [0.29, 0.717) is 25.3 Å². The molecule has 1 rings (SSSR count). The lowest BCUT2D eigenvalue weighted by Crippen LogP contribution is -2.48. The molecule has 1 atom stereocenters. The first-order valence-corrected chi connectivity index (χ1v) is 7.95. The summed E-state index contributed by atoms with van der Waals surface area (Å²) in [4.78, 5) is 14.7. The maximum atomic E-state index is 12.8. The summed E-state index contributed by atoms with van der Waals surface area (Å²) in [7, 11) is 0. The predicted molar refractivity (Wildman–Crippen MR) is 78.9 cm³/mol. The second-order valence-electron chi connectivity index (χ2n) is 5.97. The minimum atomic E-state index is -0.829. The van der Waals surface area contributed by atoms with Crippen molar-refractivity contribution in [2.75, 3.05) is 19.7 Å². The highest BCUT2D eigenvalue weighted by Crippen LogP contribution is 2.33. The highest BCUT2D eigenvalue weighted by atomic mass is 16.3. The molecule has 0 aromatic heterocycles. The molecule has 0 radical (unpaired) electrons. The fourth-order valence-electron chi connectivity index (χ4n) is 3.32. The molecule has 4 nitrogen and oxygen atoms in total. The van der Waals surface area contributed by atoms with Gasteiger partial charge in [-0.1, -0.05) is 26.7 Å². The van der Waals surface area contributed by atoms with Crippen molar-refractivity contribution in [3.05, 3.63) is 0 Å². The van der Waals surface area contributed by atoms with Crippen LogP contribution in [0.3, 0.4) is 0 Å². The SMILES string of the molecule is CCCC(C#N)(CCC)C(=O)N1CCCC(CCO)C1. The van der Waals surface area contributed by atoms with Gasteiger partial charge in [-0.25, -0.2) is 0 Å². The van der Waals surface area contributed by atoms with Gasteiger partial charge < -0.3 is 10.0 Å². The van der Waals surface area contributed by atoms with Crippen molar-refractivity contribution >= 4 is 5.91 Å². The fourth-order valence-corrected chi connectivity index (χ4v) is 3.32. The van der Waals surface area contributed by atoms with E-state index in [1.54, 1.807) is 0 Å². The van der Waals surface area contributed by atoms with Crippen LogP contribution in [0, 0.1) is 22.7 Å². The van der Waals surface area contributed by atoms with E-state index in [4.69, 9.17) is 5.11 Å². The predicted octanol–water partition coefficient (Wildman–Crippen LogP) is 2.72. The van der Waals surface area contributed by atoms with Gasteiger partial charge in [-0.05, 0) is 38.0 Å². The van der Waals surface area contributed by atoms with E-state index in [-0.39, 0.29) is 12.5 Å². The number of nitrogens with zero attached hydrogens (tertiary/aromatic N) is 2. The van der Waals surface area contributed by atoms with Gasteiger partial charge >= 0.3 is 0 Å². The number of carbonyl (C=O) groups excluding carboxylic acids is 1. The summed E-state index contributed by atoms with van der Waals surface area (Å²) in [6.45, 7) is 5.70. The average molecular weight is 280 g/mol. The van der Waals surface area contributed by atoms with E-state index in [9.17, 15) is 10.1 Å². The van der Waals surface area contributed by atoms with Gasteiger partial charge in [0.1, 0.15) is 5.41 Å². The van der Waals surface area contributed by atoms with Gasteiger partial charge in [-0.3, -0.25) is 4.79 Å². The quantitative estimate of drug-likeness (QED) is 0.780. The molecule has 1 N–H and O–H groups in total. The Balaban J connectivity index is 2.80. The van der Waals surface area contributed by atoms with Gasteiger partial charge in [-0.15, -0.1) is 0 Å². The molecule has 114 valence electrons. The van der Waals surface area contributed by atoms with Crippen molar-refractivity contribution in [1.82, 2.24) is 4.90 Å². The molecular weight excluding hydrogens is 252 g/mol. The van der Waals surface area contributed by atoms with Crippen molar-refractivity contribution in [1.29, 1.82) is 5.26 Å². The van der Waals surface area contributed by atoms with Gasteiger partial charge in [-0.2, -0.15) is 5.26 Å². The van der Waals surface area contributed by atoms with Crippen LogP contribution in [0.2, 0.25) is 0 Å². The maximum absolute atomic E-state index is 12.8. The Morgan fingerprint density at radius 2 is 2.05 bits per heavy atom. The fraction of sp³-hybridized carbons (Fsp3) is 0.875. The van der Waals surface area contributed by atoms with Gasteiger partial charge in [0.05, 0.1) is 6.07 Å². The van der Waals surface area contributed by atoms with Crippen LogP contribution in [0.4, 0.5) is 0 Å². The number of amides is 1. The zero-order chi connectivity index (χ0) is 15.0. The Morgan fingerprint density at radius 3 is 2.55 bits per heavy atom. The van der Waals surface area contributed by atoms with Gasteiger partial charge in [0.15, 0.2) is 0 Å². The van der Waals surface area contributed by atoms with Crippen molar-refractivity contribution in [3.63, 3.8) is 0 Å². The lowest BCUT2D eigenvalue weighted by Gasteiger charge is -2.37. The number of rotatable bonds is 7. The third kappa shape index (κ3) is 3.96. The van der Waals surface area contributed by atoms with Crippen LogP contribution >= 0.6 is 0 Å². The van der Waals surface area contributed by atoms with Gasteiger partial charge in [0.2, 0.25) is 5.91 Å². The number of likely N-dealkylation sites (tertiary alicyclic amines) is 1. The largest absolute Gasteiger partial charge is 0.396 e. The second-order valence-corrected chi connectivity index (χ2v) is 5.97. The Bertz CT molecular complexity index is 341. The van der Waals surface area contributed by atoms with Gasteiger partial charge in [0.25, 0.3) is 0 Å². The molecule has 0 aromatic rings. The molecule has 1 aliphatic rings. The van der Waals surface area contributed by atoms with E-state index in [1.807, 2.05) is 18.7 Å². The number of carbonyl (C=O) groups is 1. The molecule has 1 fully saturated rings. The van der Waals surface area contributed by atoms with Crippen molar-refractivity contribution in [3.8, 4) is 6.07 Å². The average Bonchev–Trinajstić information content (AvgIpc) is 2.47. The van der Waals surface area contributed by atoms with Crippen LogP contribution in [-0.4, -0.2) is 35.6 Å². The summed E-state index contributed by atoms with van der Waals surface area (Å²) in [6, 6.07) is 2.32. The highest BCUT2D eigenvalue weighted by Gasteiger charge is 2.41. The molecule has 0 bridgehead atoms. The summed E-state index contributed by atoms with van der Waals surface area (Å²) < 4.78 is 0. The van der Waals surface area contributed by atoms with Crippen LogP contribution in [0.5, 0.6) is 0 Å². The van der Waals surface area contributed by atoms with E-state index >= 15 is 0 Å². The molecule has 0 saturated carbocycles. The van der Waals surface area contributed by atoms with Crippen LogP contribution in [0.1, 0.15) is 58.8 Å². The highest BCUT2D eigenvalue weighted by molar-refractivity contribution is 5.85. The number of piperidine rings is 1. The van der Waals surface area contributed by atoms with Crippen LogP contribution in [-0.2, 0) is 4.79 Å². The summed E-state index contributed by atoms with van der Waals surface area (Å²) in [5, 5.41) is 18.6. The summed E-state index contributed by atoms with van der Waals surface area (Å²) in [5.74, 6) is 0.406. The number of aliphatic hydroxyl groups is 1. The molecule has 0 aliphatic carbocycles. The normalized spacial score (nSPS) is 19.7. The van der Waals surface area contributed by atoms with Crippen LogP contribution in [0.25, 0.3) is 0 Å². The van der Waals surface area contributed by atoms with Crippen LogP contribution in [0.15, 0.2) is 0 Å².